The van der Waals surface area contributed by atoms with Crippen molar-refractivity contribution >= 4 is 6.29 Å². The van der Waals surface area contributed by atoms with Crippen LogP contribution in [0.15, 0.2) is 11.6 Å². The molecular weight excluding hydrogens is 114 g/mol. The number of hydrogen-bond acceptors (Lipinski definition) is 2. The number of allylic oxidation sites excluding steroid dienone is 2. The lowest BCUT2D eigenvalue weighted by Gasteiger charge is -1.73. The van der Waals surface area contributed by atoms with E-state index >= 15 is 0 Å². The molecular formula is C7H15NO. The molecule has 0 heterocycles. The van der Waals surface area contributed by atoms with Gasteiger partial charge in [0.2, 0.25) is 0 Å². The third-order valence-corrected chi connectivity index (χ3v) is 0.401. The second-order valence-electron chi connectivity index (χ2n) is 1.88. The van der Waals surface area contributed by atoms with Crippen LogP contribution in [-0.2, 0) is 4.79 Å². The summed E-state index contributed by atoms with van der Waals surface area (Å²) in [4.78, 5) is 9.54. The van der Waals surface area contributed by atoms with Crippen LogP contribution >= 0.6 is 0 Å². The van der Waals surface area contributed by atoms with Crippen molar-refractivity contribution in [2.45, 2.75) is 13.8 Å². The van der Waals surface area contributed by atoms with Crippen molar-refractivity contribution in [1.29, 1.82) is 0 Å². The van der Waals surface area contributed by atoms with Gasteiger partial charge in [0.1, 0.15) is 6.29 Å². The molecule has 0 amide bonds. The van der Waals surface area contributed by atoms with E-state index in [1.807, 2.05) is 27.9 Å². The predicted octanol–water partition coefficient (Wildman–Crippen LogP) is 0.987. The van der Waals surface area contributed by atoms with E-state index in [-0.39, 0.29) is 0 Å². The first-order valence-corrected chi connectivity index (χ1v) is 2.86. The fraction of sp³-hybridized carbons (Fsp3) is 0.571. The number of carbonyl (C=O) groups excluding carboxylic acids is 1. The second-order valence-corrected chi connectivity index (χ2v) is 1.88. The van der Waals surface area contributed by atoms with Gasteiger partial charge in [-0.3, -0.25) is 4.79 Å². The summed E-state index contributed by atoms with van der Waals surface area (Å²) in [5.74, 6) is 0. The van der Waals surface area contributed by atoms with Crippen LogP contribution in [0.2, 0.25) is 0 Å². The summed E-state index contributed by atoms with van der Waals surface area (Å²) in [6.07, 6.45) is 2.31. The van der Waals surface area contributed by atoms with Gasteiger partial charge in [-0.05, 0) is 34.0 Å². The van der Waals surface area contributed by atoms with Crippen molar-refractivity contribution < 1.29 is 4.79 Å². The zero-order chi connectivity index (χ0) is 7.70. The van der Waals surface area contributed by atoms with Crippen LogP contribution < -0.4 is 5.32 Å². The molecule has 0 fully saturated rings. The average molecular weight is 129 g/mol. The Morgan fingerprint density at radius 2 is 1.67 bits per heavy atom. The molecule has 0 aliphatic carbocycles. The van der Waals surface area contributed by atoms with E-state index in [4.69, 9.17) is 0 Å². The zero-order valence-corrected chi connectivity index (χ0v) is 6.56. The predicted molar refractivity (Wildman–Crippen MR) is 40.5 cm³/mol. The zero-order valence-electron chi connectivity index (χ0n) is 6.56. The maximum Gasteiger partial charge on any atom is 0.142 e. The quantitative estimate of drug-likeness (QED) is 0.422. The number of carbonyl (C=O) groups is 1. The Morgan fingerprint density at radius 3 is 1.67 bits per heavy atom. The first-order valence-electron chi connectivity index (χ1n) is 2.86. The third-order valence-electron chi connectivity index (χ3n) is 0.401. The molecule has 0 spiro atoms. The number of rotatable bonds is 1. The van der Waals surface area contributed by atoms with E-state index in [1.54, 1.807) is 0 Å². The van der Waals surface area contributed by atoms with Crippen molar-refractivity contribution in [1.82, 2.24) is 5.32 Å². The number of aldehydes is 1. The summed E-state index contributed by atoms with van der Waals surface area (Å²) >= 11 is 0. The molecule has 0 aromatic heterocycles. The van der Waals surface area contributed by atoms with Crippen LogP contribution in [0.25, 0.3) is 0 Å². The Labute approximate surface area is 57.0 Å². The van der Waals surface area contributed by atoms with Gasteiger partial charge >= 0.3 is 0 Å². The van der Waals surface area contributed by atoms with E-state index in [0.717, 1.165) is 11.9 Å². The second kappa shape index (κ2) is 10.4. The van der Waals surface area contributed by atoms with Crippen LogP contribution in [-0.4, -0.2) is 20.4 Å². The SMILES string of the molecule is CC(C)=CC=O.CNC. The molecule has 0 saturated heterocycles. The minimum Gasteiger partial charge on any atom is -0.323 e. The Morgan fingerprint density at radius 1 is 1.33 bits per heavy atom. The lowest BCUT2D eigenvalue weighted by atomic mass is 10.3. The first-order chi connectivity index (χ1) is 4.18. The maximum absolute atomic E-state index is 9.54. The van der Waals surface area contributed by atoms with E-state index in [1.165, 1.54) is 6.08 Å². The van der Waals surface area contributed by atoms with Gasteiger partial charge in [-0.25, -0.2) is 0 Å². The minimum absolute atomic E-state index is 0.787. The van der Waals surface area contributed by atoms with Gasteiger partial charge < -0.3 is 5.32 Å². The van der Waals surface area contributed by atoms with Gasteiger partial charge in [-0.1, -0.05) is 5.57 Å². The van der Waals surface area contributed by atoms with Gasteiger partial charge in [0.05, 0.1) is 0 Å². The lowest BCUT2D eigenvalue weighted by Crippen LogP contribution is -1.89. The Hall–Kier alpha value is -0.630. The van der Waals surface area contributed by atoms with Gasteiger partial charge in [0, 0.05) is 0 Å². The van der Waals surface area contributed by atoms with Crippen molar-refractivity contribution in [3.63, 3.8) is 0 Å². The molecule has 0 saturated carbocycles. The monoisotopic (exact) mass is 129 g/mol. The molecule has 9 heavy (non-hydrogen) atoms. The fourth-order valence-corrected chi connectivity index (χ4v) is 0.136. The van der Waals surface area contributed by atoms with E-state index in [0.29, 0.717) is 0 Å². The first kappa shape index (κ1) is 11.2. The summed E-state index contributed by atoms with van der Waals surface area (Å²) < 4.78 is 0. The third kappa shape index (κ3) is 37.8. The Bertz CT molecular complexity index is 82.9. The van der Waals surface area contributed by atoms with Crippen LogP contribution in [0.3, 0.4) is 0 Å². The molecule has 1 N–H and O–H groups in total. The summed E-state index contributed by atoms with van der Waals surface area (Å²) in [5, 5.41) is 2.75. The molecule has 0 bridgehead atoms. The van der Waals surface area contributed by atoms with Crippen molar-refractivity contribution in [3.05, 3.63) is 11.6 Å². The smallest absolute Gasteiger partial charge is 0.142 e. The molecule has 0 radical (unpaired) electrons. The highest BCUT2D eigenvalue weighted by atomic mass is 16.1. The maximum atomic E-state index is 9.54. The standard InChI is InChI=1S/C5H8O.C2H7N/c1-5(2)3-4-6;1-3-2/h3-4H,1-2H3;3H,1-2H3. The van der Waals surface area contributed by atoms with E-state index < -0.39 is 0 Å². The average Bonchev–Trinajstić information content (AvgIpc) is 1.67. The summed E-state index contributed by atoms with van der Waals surface area (Å²) in [5.41, 5.74) is 1.05. The molecule has 0 unspecified atom stereocenters. The normalized spacial score (nSPS) is 6.67. The summed E-state index contributed by atoms with van der Waals surface area (Å²) in [7, 11) is 3.75. The van der Waals surface area contributed by atoms with E-state index in [2.05, 4.69) is 5.32 Å². The highest BCUT2D eigenvalue weighted by molar-refractivity contribution is 5.65. The molecule has 0 aliphatic heterocycles. The highest BCUT2D eigenvalue weighted by Crippen LogP contribution is 1.81. The lowest BCUT2D eigenvalue weighted by molar-refractivity contribution is -0.104. The fourth-order valence-electron chi connectivity index (χ4n) is 0.136. The van der Waals surface area contributed by atoms with Crippen LogP contribution in [0.5, 0.6) is 0 Å². The number of nitrogens with one attached hydrogen (secondary N) is 1. The van der Waals surface area contributed by atoms with Crippen LogP contribution in [0, 0.1) is 0 Å². The van der Waals surface area contributed by atoms with Crippen molar-refractivity contribution in [3.8, 4) is 0 Å². The van der Waals surface area contributed by atoms with E-state index in [9.17, 15) is 4.79 Å². The molecule has 0 aromatic carbocycles. The van der Waals surface area contributed by atoms with Gasteiger partial charge in [-0.15, -0.1) is 0 Å². The molecule has 0 atom stereocenters. The van der Waals surface area contributed by atoms with Gasteiger partial charge in [0.25, 0.3) is 0 Å². The number of hydrogen-bond donors (Lipinski definition) is 1. The van der Waals surface area contributed by atoms with Crippen LogP contribution in [0.1, 0.15) is 13.8 Å². The largest absolute Gasteiger partial charge is 0.323 e. The molecule has 0 aromatic rings. The molecule has 2 nitrogen and oxygen atoms in total. The molecule has 2 heteroatoms. The van der Waals surface area contributed by atoms with Crippen LogP contribution in [0.4, 0.5) is 0 Å². The Kier molecular flexibility index (Phi) is 12.9. The molecule has 0 rings (SSSR count). The van der Waals surface area contributed by atoms with Gasteiger partial charge in [0.15, 0.2) is 0 Å². The summed E-state index contributed by atoms with van der Waals surface area (Å²) in [6, 6.07) is 0. The highest BCUT2D eigenvalue weighted by Gasteiger charge is 1.66. The van der Waals surface area contributed by atoms with Crippen molar-refractivity contribution in [2.24, 2.45) is 0 Å². The van der Waals surface area contributed by atoms with Crippen molar-refractivity contribution in [2.75, 3.05) is 14.1 Å². The summed E-state index contributed by atoms with van der Waals surface area (Å²) in [6.45, 7) is 3.77. The molecule has 54 valence electrons. The van der Waals surface area contributed by atoms with Gasteiger partial charge in [-0.2, -0.15) is 0 Å². The topological polar surface area (TPSA) is 29.1 Å². The Balaban J connectivity index is 0. The minimum atomic E-state index is 0.787. The molecule has 0 aliphatic rings.